The normalized spacial score (nSPS) is 14.1. The number of hydrogen-bond acceptors (Lipinski definition) is 4. The van der Waals surface area contributed by atoms with E-state index in [0.717, 1.165) is 24.2 Å². The van der Waals surface area contributed by atoms with Gasteiger partial charge in [0.15, 0.2) is 5.78 Å². The van der Waals surface area contributed by atoms with Gasteiger partial charge in [-0.2, -0.15) is 0 Å². The maximum Gasteiger partial charge on any atom is 0.319 e. The van der Waals surface area contributed by atoms with Crippen molar-refractivity contribution < 1.29 is 14.4 Å². The molecule has 1 aliphatic rings. The Labute approximate surface area is 183 Å². The molecule has 3 rings (SSSR count). The molecule has 7 nitrogen and oxygen atoms in total. The fraction of sp³-hybridized carbons (Fsp3) is 0.375. The van der Waals surface area contributed by atoms with Gasteiger partial charge in [0.1, 0.15) is 0 Å². The number of carbonyl (C=O) groups excluding carboxylic acids is 3. The summed E-state index contributed by atoms with van der Waals surface area (Å²) in [5.74, 6) is -0.0483. The van der Waals surface area contributed by atoms with Gasteiger partial charge < -0.3 is 20.9 Å². The van der Waals surface area contributed by atoms with Crippen LogP contribution in [0.5, 0.6) is 0 Å². The Morgan fingerprint density at radius 3 is 2.42 bits per heavy atom. The number of benzene rings is 2. The zero-order chi connectivity index (χ0) is 22.6. The van der Waals surface area contributed by atoms with Crippen molar-refractivity contribution in [3.05, 3.63) is 64.7 Å². The zero-order valence-electron chi connectivity index (χ0n) is 18.5. The van der Waals surface area contributed by atoms with Crippen LogP contribution in [0, 0.1) is 6.92 Å². The summed E-state index contributed by atoms with van der Waals surface area (Å²) in [6, 6.07) is 12.2. The third kappa shape index (κ3) is 5.49. The number of anilines is 1. The predicted molar refractivity (Wildman–Crippen MR) is 122 cm³/mol. The van der Waals surface area contributed by atoms with Gasteiger partial charge in [0, 0.05) is 43.0 Å². The molecular weight excluding hydrogens is 392 g/mol. The first kappa shape index (κ1) is 22.5. The molecule has 31 heavy (non-hydrogen) atoms. The first-order chi connectivity index (χ1) is 14.7. The van der Waals surface area contributed by atoms with E-state index in [1.807, 2.05) is 37.8 Å². The summed E-state index contributed by atoms with van der Waals surface area (Å²) in [5, 5.41) is 9.02. The van der Waals surface area contributed by atoms with Gasteiger partial charge in [0.25, 0.3) is 5.91 Å². The lowest BCUT2D eigenvalue weighted by Crippen LogP contribution is -2.46. The third-order valence-corrected chi connectivity index (χ3v) is 5.55. The number of aryl methyl sites for hydroxylation is 1. The molecule has 0 aromatic heterocycles. The van der Waals surface area contributed by atoms with Gasteiger partial charge in [-0.3, -0.25) is 9.59 Å². The number of hydrogen-bond donors (Lipinski definition) is 3. The average molecular weight is 423 g/mol. The van der Waals surface area contributed by atoms with E-state index in [1.54, 1.807) is 30.3 Å². The highest BCUT2D eigenvalue weighted by atomic mass is 16.2. The predicted octanol–water partition coefficient (Wildman–Crippen LogP) is 3.30. The zero-order valence-corrected chi connectivity index (χ0v) is 18.5. The van der Waals surface area contributed by atoms with Crippen LogP contribution >= 0.6 is 0 Å². The lowest BCUT2D eigenvalue weighted by Gasteiger charge is -2.28. The molecule has 0 atom stereocenters. The van der Waals surface area contributed by atoms with Crippen molar-refractivity contribution in [2.75, 3.05) is 31.5 Å². The molecule has 1 fully saturated rings. The maximum absolute atomic E-state index is 12.9. The number of piperazine rings is 1. The van der Waals surface area contributed by atoms with Crippen LogP contribution in [-0.4, -0.2) is 48.8 Å². The summed E-state index contributed by atoms with van der Waals surface area (Å²) in [4.78, 5) is 39.1. The van der Waals surface area contributed by atoms with Crippen LogP contribution in [-0.2, 0) is 5.54 Å². The Bertz CT molecular complexity index is 994. The lowest BCUT2D eigenvalue weighted by atomic mass is 9.92. The molecule has 3 amide bonds. The maximum atomic E-state index is 12.9. The van der Waals surface area contributed by atoms with E-state index in [1.165, 1.54) is 6.92 Å². The minimum absolute atomic E-state index is 0.0237. The summed E-state index contributed by atoms with van der Waals surface area (Å²) in [6.07, 6.45) is 0. The second-order valence-electron chi connectivity index (χ2n) is 8.41. The number of carbonyl (C=O) groups is 3. The largest absolute Gasteiger partial charge is 0.336 e. The number of nitrogens with zero attached hydrogens (tertiary/aromatic N) is 1. The summed E-state index contributed by atoms with van der Waals surface area (Å²) in [5.41, 5.74) is 2.75. The second kappa shape index (κ2) is 9.31. The van der Waals surface area contributed by atoms with E-state index in [0.29, 0.717) is 29.9 Å². The smallest absolute Gasteiger partial charge is 0.319 e. The quantitative estimate of drug-likeness (QED) is 0.645. The molecule has 0 radical (unpaired) electrons. The average Bonchev–Trinajstić information content (AvgIpc) is 2.75. The number of amides is 3. The summed E-state index contributed by atoms with van der Waals surface area (Å²) in [7, 11) is 0. The Hall–Kier alpha value is -3.19. The van der Waals surface area contributed by atoms with Crippen LogP contribution in [0.1, 0.15) is 52.6 Å². The Morgan fingerprint density at radius 1 is 1.03 bits per heavy atom. The minimum Gasteiger partial charge on any atom is -0.336 e. The Balaban J connectivity index is 1.72. The van der Waals surface area contributed by atoms with E-state index in [4.69, 9.17) is 0 Å². The van der Waals surface area contributed by atoms with Crippen LogP contribution in [0.25, 0.3) is 0 Å². The van der Waals surface area contributed by atoms with E-state index < -0.39 is 5.54 Å². The van der Waals surface area contributed by atoms with Crippen LogP contribution < -0.4 is 16.0 Å². The van der Waals surface area contributed by atoms with E-state index in [-0.39, 0.29) is 17.7 Å². The van der Waals surface area contributed by atoms with Gasteiger partial charge in [-0.1, -0.05) is 24.3 Å². The topological polar surface area (TPSA) is 90.5 Å². The molecule has 2 aromatic carbocycles. The van der Waals surface area contributed by atoms with E-state index >= 15 is 0 Å². The van der Waals surface area contributed by atoms with Crippen molar-refractivity contribution in [1.29, 1.82) is 0 Å². The van der Waals surface area contributed by atoms with Gasteiger partial charge in [0.05, 0.1) is 5.54 Å². The van der Waals surface area contributed by atoms with Gasteiger partial charge in [-0.25, -0.2) is 4.79 Å². The highest BCUT2D eigenvalue weighted by Crippen LogP contribution is 2.22. The van der Waals surface area contributed by atoms with Crippen LogP contribution in [0.15, 0.2) is 42.5 Å². The van der Waals surface area contributed by atoms with Crippen molar-refractivity contribution >= 4 is 23.4 Å². The van der Waals surface area contributed by atoms with Crippen LogP contribution in [0.2, 0.25) is 0 Å². The molecule has 1 aliphatic heterocycles. The fourth-order valence-corrected chi connectivity index (χ4v) is 3.61. The number of rotatable bonds is 5. The van der Waals surface area contributed by atoms with Crippen molar-refractivity contribution in [1.82, 2.24) is 15.5 Å². The molecule has 0 aliphatic carbocycles. The Kier molecular flexibility index (Phi) is 6.75. The molecule has 0 saturated carbocycles. The van der Waals surface area contributed by atoms with Crippen molar-refractivity contribution in [3.8, 4) is 0 Å². The summed E-state index contributed by atoms with van der Waals surface area (Å²) in [6.45, 7) is 10.1. The molecule has 3 N–H and O–H groups in total. The molecule has 0 spiro atoms. The van der Waals surface area contributed by atoms with Crippen LogP contribution in [0.3, 0.4) is 0 Å². The molecule has 0 unspecified atom stereocenters. The number of nitrogens with one attached hydrogen (secondary N) is 3. The molecule has 2 aromatic rings. The van der Waals surface area contributed by atoms with E-state index in [9.17, 15) is 14.4 Å². The van der Waals surface area contributed by atoms with Gasteiger partial charge >= 0.3 is 6.03 Å². The molecular formula is C24H30N4O3. The summed E-state index contributed by atoms with van der Waals surface area (Å²) >= 11 is 0. The van der Waals surface area contributed by atoms with Crippen molar-refractivity contribution in [2.24, 2.45) is 0 Å². The third-order valence-electron chi connectivity index (χ3n) is 5.55. The fourth-order valence-electron chi connectivity index (χ4n) is 3.61. The van der Waals surface area contributed by atoms with Crippen LogP contribution in [0.4, 0.5) is 10.5 Å². The summed E-state index contributed by atoms with van der Waals surface area (Å²) < 4.78 is 0. The molecule has 1 heterocycles. The lowest BCUT2D eigenvalue weighted by molar-refractivity contribution is 0.0735. The van der Waals surface area contributed by atoms with Gasteiger partial charge in [-0.15, -0.1) is 0 Å². The monoisotopic (exact) mass is 422 g/mol. The number of Topliss-reactive ketones (excluding diaryl/α,β-unsaturated/α-hetero) is 1. The standard InChI is InChI=1S/C24H30N4O3/c1-16-8-9-20(15-21(16)22(30)28-12-10-25-11-13-28)26-23(31)27-24(3,4)19-7-5-6-18(14-19)17(2)29/h5-9,14-15,25H,10-13H2,1-4H3,(H2,26,27,31). The first-order valence-corrected chi connectivity index (χ1v) is 10.5. The Morgan fingerprint density at radius 2 is 1.74 bits per heavy atom. The molecule has 1 saturated heterocycles. The molecule has 7 heteroatoms. The highest BCUT2D eigenvalue weighted by Gasteiger charge is 2.24. The minimum atomic E-state index is -0.695. The number of urea groups is 1. The molecule has 0 bridgehead atoms. The van der Waals surface area contributed by atoms with Crippen molar-refractivity contribution in [3.63, 3.8) is 0 Å². The van der Waals surface area contributed by atoms with Gasteiger partial charge in [-0.05, 0) is 57.0 Å². The SMILES string of the molecule is CC(=O)c1cccc(C(C)(C)NC(=O)Nc2ccc(C)c(C(=O)N3CCNCC3)c2)c1. The highest BCUT2D eigenvalue weighted by molar-refractivity contribution is 5.98. The van der Waals surface area contributed by atoms with E-state index in [2.05, 4.69) is 16.0 Å². The first-order valence-electron chi connectivity index (χ1n) is 10.5. The molecule has 164 valence electrons. The number of ketones is 1. The van der Waals surface area contributed by atoms with Gasteiger partial charge in [0.2, 0.25) is 0 Å². The second-order valence-corrected chi connectivity index (χ2v) is 8.41. The van der Waals surface area contributed by atoms with Crippen molar-refractivity contribution in [2.45, 2.75) is 33.2 Å².